The Morgan fingerprint density at radius 3 is 2.47 bits per heavy atom. The summed E-state index contributed by atoms with van der Waals surface area (Å²) in [5, 5.41) is 0. The van der Waals surface area contributed by atoms with Gasteiger partial charge in [0.25, 0.3) is 0 Å². The number of carbonyl (C=O) groups excluding carboxylic acids is 1. The van der Waals surface area contributed by atoms with Gasteiger partial charge in [0.05, 0.1) is 26.2 Å². The molecule has 0 aliphatic carbocycles. The molecule has 4 nitrogen and oxygen atoms in total. The first-order chi connectivity index (χ1) is 9.08. The van der Waals surface area contributed by atoms with Gasteiger partial charge in [0, 0.05) is 16.6 Å². The summed E-state index contributed by atoms with van der Waals surface area (Å²) in [7, 11) is 3.12. The van der Waals surface area contributed by atoms with Crippen LogP contribution in [-0.2, 0) is 4.74 Å². The van der Waals surface area contributed by atoms with Crippen molar-refractivity contribution in [2.45, 2.75) is 19.4 Å². The van der Waals surface area contributed by atoms with Gasteiger partial charge in [-0.2, -0.15) is 0 Å². The maximum Gasteiger partial charge on any atom is 0.169 e. The third-order valence-electron chi connectivity index (χ3n) is 3.45. The number of hydrogen-bond acceptors (Lipinski definition) is 4. The molecular formula is C14H17BrO4. The molecule has 1 aliphatic heterocycles. The number of Topliss-reactive ketones (excluding diaryl/α,β-unsaturated/α-hetero) is 1. The summed E-state index contributed by atoms with van der Waals surface area (Å²) in [5.74, 6) is 1.15. The van der Waals surface area contributed by atoms with Crippen LogP contribution in [0, 0.1) is 5.92 Å². The number of ether oxygens (including phenoxy) is 3. The number of benzene rings is 1. The molecule has 1 saturated heterocycles. The highest BCUT2D eigenvalue weighted by Crippen LogP contribution is 2.36. The third kappa shape index (κ3) is 2.77. The summed E-state index contributed by atoms with van der Waals surface area (Å²) in [6.45, 7) is 2.58. The first kappa shape index (κ1) is 14.3. The Kier molecular flexibility index (Phi) is 4.47. The number of halogens is 1. The molecule has 5 heteroatoms. The lowest BCUT2D eigenvalue weighted by Crippen LogP contribution is -2.22. The van der Waals surface area contributed by atoms with Crippen LogP contribution in [0.2, 0.25) is 0 Å². The van der Waals surface area contributed by atoms with E-state index in [1.807, 2.05) is 6.92 Å². The molecule has 2 rings (SSSR count). The lowest BCUT2D eigenvalue weighted by molar-refractivity contribution is 0.0763. The van der Waals surface area contributed by atoms with Gasteiger partial charge in [-0.3, -0.25) is 4.79 Å². The van der Waals surface area contributed by atoms with Crippen molar-refractivity contribution < 1.29 is 19.0 Å². The fraction of sp³-hybridized carbons (Fsp3) is 0.500. The molecule has 0 radical (unpaired) electrons. The number of hydrogen-bond donors (Lipinski definition) is 0. The summed E-state index contributed by atoms with van der Waals surface area (Å²) in [4.78, 5) is 12.5. The Labute approximate surface area is 121 Å². The van der Waals surface area contributed by atoms with Crippen LogP contribution in [0.4, 0.5) is 0 Å². The van der Waals surface area contributed by atoms with Crippen LogP contribution in [0.5, 0.6) is 11.5 Å². The molecule has 0 N–H and O–H groups in total. The van der Waals surface area contributed by atoms with Gasteiger partial charge < -0.3 is 14.2 Å². The van der Waals surface area contributed by atoms with Crippen molar-refractivity contribution in [2.24, 2.45) is 5.92 Å². The molecule has 1 aliphatic rings. The van der Waals surface area contributed by atoms with E-state index in [1.54, 1.807) is 26.4 Å². The Balaban J connectivity index is 2.36. The van der Waals surface area contributed by atoms with E-state index in [-0.39, 0.29) is 17.8 Å². The fourth-order valence-corrected chi connectivity index (χ4v) is 2.84. The molecule has 2 unspecified atom stereocenters. The van der Waals surface area contributed by atoms with Crippen LogP contribution in [0.25, 0.3) is 0 Å². The molecule has 1 fully saturated rings. The highest BCUT2D eigenvalue weighted by atomic mass is 79.9. The van der Waals surface area contributed by atoms with Crippen LogP contribution in [0.15, 0.2) is 16.6 Å². The average Bonchev–Trinajstić information content (AvgIpc) is 2.83. The minimum atomic E-state index is -0.0885. The van der Waals surface area contributed by atoms with Gasteiger partial charge in [-0.05, 0) is 41.4 Å². The predicted octanol–water partition coefficient (Wildman–Crippen LogP) is 3.07. The van der Waals surface area contributed by atoms with E-state index >= 15 is 0 Å². The Morgan fingerprint density at radius 1 is 1.32 bits per heavy atom. The predicted molar refractivity (Wildman–Crippen MR) is 75.1 cm³/mol. The SMILES string of the molecule is COc1cc(Br)c(C(=O)C2CCOC2C)cc1OC. The summed E-state index contributed by atoms with van der Waals surface area (Å²) >= 11 is 3.42. The first-order valence-electron chi connectivity index (χ1n) is 6.15. The first-order valence-corrected chi connectivity index (χ1v) is 6.95. The minimum Gasteiger partial charge on any atom is -0.493 e. The second-order valence-electron chi connectivity index (χ2n) is 4.52. The standard InChI is InChI=1S/C14H17BrO4/c1-8-9(4-5-19-8)14(16)10-6-12(17-2)13(18-3)7-11(10)15/h6-9H,4-5H2,1-3H3. The molecule has 0 saturated carbocycles. The van der Waals surface area contributed by atoms with E-state index in [0.29, 0.717) is 28.1 Å². The van der Waals surface area contributed by atoms with Crippen molar-refractivity contribution in [1.29, 1.82) is 0 Å². The molecule has 0 aromatic heterocycles. The topological polar surface area (TPSA) is 44.8 Å². The van der Waals surface area contributed by atoms with Crippen molar-refractivity contribution in [1.82, 2.24) is 0 Å². The molecule has 0 bridgehead atoms. The van der Waals surface area contributed by atoms with E-state index in [0.717, 1.165) is 6.42 Å². The van der Waals surface area contributed by atoms with Gasteiger partial charge in [0.2, 0.25) is 0 Å². The maximum absolute atomic E-state index is 12.5. The minimum absolute atomic E-state index is 0.0347. The van der Waals surface area contributed by atoms with Crippen molar-refractivity contribution >= 4 is 21.7 Å². The molecule has 2 atom stereocenters. The van der Waals surface area contributed by atoms with Crippen molar-refractivity contribution in [3.05, 3.63) is 22.2 Å². The van der Waals surface area contributed by atoms with Gasteiger partial charge in [-0.25, -0.2) is 0 Å². The summed E-state index contributed by atoms with van der Waals surface area (Å²) in [5.41, 5.74) is 0.611. The van der Waals surface area contributed by atoms with E-state index in [4.69, 9.17) is 14.2 Å². The number of ketones is 1. The Bertz CT molecular complexity index is 487. The lowest BCUT2D eigenvalue weighted by atomic mass is 9.92. The molecule has 1 aromatic carbocycles. The van der Waals surface area contributed by atoms with Gasteiger partial charge in [0.1, 0.15) is 0 Å². The molecular weight excluding hydrogens is 312 g/mol. The van der Waals surface area contributed by atoms with Crippen LogP contribution >= 0.6 is 15.9 Å². The second kappa shape index (κ2) is 5.92. The third-order valence-corrected chi connectivity index (χ3v) is 4.11. The Morgan fingerprint density at radius 2 is 1.95 bits per heavy atom. The van der Waals surface area contributed by atoms with E-state index in [9.17, 15) is 4.79 Å². The lowest BCUT2D eigenvalue weighted by Gasteiger charge is -2.16. The highest BCUT2D eigenvalue weighted by molar-refractivity contribution is 9.10. The largest absolute Gasteiger partial charge is 0.493 e. The zero-order valence-corrected chi connectivity index (χ0v) is 12.8. The van der Waals surface area contributed by atoms with E-state index < -0.39 is 0 Å². The van der Waals surface area contributed by atoms with Crippen LogP contribution < -0.4 is 9.47 Å². The number of carbonyl (C=O) groups is 1. The maximum atomic E-state index is 12.5. The highest BCUT2D eigenvalue weighted by Gasteiger charge is 2.32. The fourth-order valence-electron chi connectivity index (χ4n) is 2.32. The van der Waals surface area contributed by atoms with Crippen molar-refractivity contribution in [2.75, 3.05) is 20.8 Å². The Hall–Kier alpha value is -1.07. The number of rotatable bonds is 4. The monoisotopic (exact) mass is 328 g/mol. The molecule has 1 aromatic rings. The normalized spacial score (nSPS) is 22.3. The van der Waals surface area contributed by atoms with Crippen molar-refractivity contribution in [3.8, 4) is 11.5 Å². The zero-order chi connectivity index (χ0) is 14.0. The van der Waals surface area contributed by atoms with Gasteiger partial charge in [-0.1, -0.05) is 0 Å². The van der Waals surface area contributed by atoms with E-state index in [2.05, 4.69) is 15.9 Å². The second-order valence-corrected chi connectivity index (χ2v) is 5.38. The molecule has 104 valence electrons. The van der Waals surface area contributed by atoms with Crippen LogP contribution in [0.3, 0.4) is 0 Å². The summed E-state index contributed by atoms with van der Waals surface area (Å²) in [6.07, 6.45) is 0.730. The van der Waals surface area contributed by atoms with Crippen LogP contribution in [-0.4, -0.2) is 32.7 Å². The molecule has 1 heterocycles. The smallest absolute Gasteiger partial charge is 0.169 e. The van der Waals surface area contributed by atoms with Gasteiger partial charge in [0.15, 0.2) is 17.3 Å². The average molecular weight is 329 g/mol. The molecule has 0 spiro atoms. The summed E-state index contributed by atoms with van der Waals surface area (Å²) < 4.78 is 16.6. The zero-order valence-electron chi connectivity index (χ0n) is 11.2. The quantitative estimate of drug-likeness (QED) is 0.797. The number of methoxy groups -OCH3 is 2. The molecule has 19 heavy (non-hydrogen) atoms. The van der Waals surface area contributed by atoms with E-state index in [1.165, 1.54) is 0 Å². The van der Waals surface area contributed by atoms with Crippen LogP contribution in [0.1, 0.15) is 23.7 Å². The molecule has 0 amide bonds. The summed E-state index contributed by atoms with van der Waals surface area (Å²) in [6, 6.07) is 3.48. The van der Waals surface area contributed by atoms with Gasteiger partial charge >= 0.3 is 0 Å². The van der Waals surface area contributed by atoms with Crippen molar-refractivity contribution in [3.63, 3.8) is 0 Å². The van der Waals surface area contributed by atoms with Gasteiger partial charge in [-0.15, -0.1) is 0 Å².